The molecule has 1 aliphatic heterocycles. The van der Waals surface area contributed by atoms with E-state index in [0.717, 1.165) is 5.56 Å². The van der Waals surface area contributed by atoms with E-state index in [9.17, 15) is 4.79 Å². The first kappa shape index (κ1) is 13.5. The third kappa shape index (κ3) is 2.84. The van der Waals surface area contributed by atoms with E-state index in [1.807, 2.05) is 44.2 Å². The lowest BCUT2D eigenvalue weighted by Gasteiger charge is -2.19. The number of amides is 1. The summed E-state index contributed by atoms with van der Waals surface area (Å²) in [5.74, 6) is 1.25. The molecule has 4 heteroatoms. The van der Waals surface area contributed by atoms with Gasteiger partial charge in [0, 0.05) is 17.3 Å². The van der Waals surface area contributed by atoms with Gasteiger partial charge in [0.1, 0.15) is 13.2 Å². The summed E-state index contributed by atoms with van der Waals surface area (Å²) in [5.41, 5.74) is 3.62. The highest BCUT2D eigenvalue weighted by atomic mass is 16.6. The number of hydrogen-bond donors (Lipinski definition) is 1. The second-order valence-electron chi connectivity index (χ2n) is 5.11. The number of carbonyl (C=O) groups is 1. The number of fused-ring (bicyclic) bond motifs is 1. The van der Waals surface area contributed by atoms with Crippen molar-refractivity contribution in [2.45, 2.75) is 13.8 Å². The van der Waals surface area contributed by atoms with Crippen LogP contribution in [0.4, 0.5) is 5.69 Å². The summed E-state index contributed by atoms with van der Waals surface area (Å²) in [6, 6.07) is 11.1. The van der Waals surface area contributed by atoms with E-state index in [0.29, 0.717) is 36.0 Å². The number of nitrogens with one attached hydrogen (secondary N) is 1. The second-order valence-corrected chi connectivity index (χ2v) is 5.11. The summed E-state index contributed by atoms with van der Waals surface area (Å²) in [6.07, 6.45) is 0. The van der Waals surface area contributed by atoms with Gasteiger partial charge in [-0.15, -0.1) is 0 Å². The van der Waals surface area contributed by atoms with Gasteiger partial charge >= 0.3 is 0 Å². The van der Waals surface area contributed by atoms with E-state index in [-0.39, 0.29) is 5.91 Å². The standard InChI is InChI=1S/C17H17NO3/c1-11-3-4-13(9-12(11)2)17(19)18-14-5-6-15-16(10-14)21-8-7-20-15/h3-6,9-10H,7-8H2,1-2H3,(H,18,19). The molecule has 0 bridgehead atoms. The van der Waals surface area contributed by atoms with Crippen LogP contribution >= 0.6 is 0 Å². The van der Waals surface area contributed by atoms with Crippen LogP contribution in [0.5, 0.6) is 11.5 Å². The van der Waals surface area contributed by atoms with Crippen LogP contribution in [-0.2, 0) is 0 Å². The van der Waals surface area contributed by atoms with Crippen molar-refractivity contribution in [1.82, 2.24) is 0 Å². The van der Waals surface area contributed by atoms with Crippen LogP contribution in [0, 0.1) is 13.8 Å². The number of hydrogen-bond acceptors (Lipinski definition) is 3. The van der Waals surface area contributed by atoms with Gasteiger partial charge in [0.15, 0.2) is 11.5 Å². The van der Waals surface area contributed by atoms with Gasteiger partial charge in [0.2, 0.25) is 0 Å². The minimum absolute atomic E-state index is 0.130. The average Bonchev–Trinajstić information content (AvgIpc) is 2.50. The van der Waals surface area contributed by atoms with Crippen LogP contribution in [0.1, 0.15) is 21.5 Å². The summed E-state index contributed by atoms with van der Waals surface area (Å²) in [4.78, 5) is 12.3. The van der Waals surface area contributed by atoms with E-state index in [4.69, 9.17) is 9.47 Å². The Morgan fingerprint density at radius 3 is 2.48 bits per heavy atom. The second kappa shape index (κ2) is 5.48. The van der Waals surface area contributed by atoms with Crippen molar-refractivity contribution in [3.8, 4) is 11.5 Å². The minimum Gasteiger partial charge on any atom is -0.486 e. The first-order valence-corrected chi connectivity index (χ1v) is 6.92. The highest BCUT2D eigenvalue weighted by Gasteiger charge is 2.13. The van der Waals surface area contributed by atoms with Gasteiger partial charge in [-0.25, -0.2) is 0 Å². The molecule has 3 rings (SSSR count). The summed E-state index contributed by atoms with van der Waals surface area (Å²) in [6.45, 7) is 5.11. The number of aryl methyl sites for hydroxylation is 2. The first-order chi connectivity index (χ1) is 10.1. The Morgan fingerprint density at radius 2 is 1.71 bits per heavy atom. The summed E-state index contributed by atoms with van der Waals surface area (Å²) in [5, 5.41) is 2.88. The molecule has 1 aliphatic rings. The lowest BCUT2D eigenvalue weighted by atomic mass is 10.1. The van der Waals surface area contributed by atoms with Crippen LogP contribution in [-0.4, -0.2) is 19.1 Å². The number of benzene rings is 2. The Morgan fingerprint density at radius 1 is 0.952 bits per heavy atom. The smallest absolute Gasteiger partial charge is 0.255 e. The topological polar surface area (TPSA) is 47.6 Å². The molecular weight excluding hydrogens is 266 g/mol. The molecule has 0 unspecified atom stereocenters. The fourth-order valence-electron chi connectivity index (χ4n) is 2.21. The van der Waals surface area contributed by atoms with Gasteiger partial charge in [0.25, 0.3) is 5.91 Å². The molecule has 2 aromatic carbocycles. The molecule has 0 aliphatic carbocycles. The van der Waals surface area contributed by atoms with Gasteiger partial charge in [0.05, 0.1) is 0 Å². The quantitative estimate of drug-likeness (QED) is 0.919. The molecule has 0 atom stereocenters. The molecule has 2 aromatic rings. The maximum atomic E-state index is 12.3. The van der Waals surface area contributed by atoms with Crippen LogP contribution in [0.2, 0.25) is 0 Å². The van der Waals surface area contributed by atoms with Crippen molar-refractivity contribution in [1.29, 1.82) is 0 Å². The SMILES string of the molecule is Cc1ccc(C(=O)Nc2ccc3c(c2)OCCO3)cc1C. The predicted molar refractivity (Wildman–Crippen MR) is 81.3 cm³/mol. The zero-order chi connectivity index (χ0) is 14.8. The van der Waals surface area contributed by atoms with Crippen molar-refractivity contribution in [3.05, 3.63) is 53.1 Å². The lowest BCUT2D eigenvalue weighted by molar-refractivity contribution is 0.102. The Balaban J connectivity index is 1.79. The fourth-order valence-corrected chi connectivity index (χ4v) is 2.21. The van der Waals surface area contributed by atoms with Crippen molar-refractivity contribution >= 4 is 11.6 Å². The molecule has 1 amide bonds. The number of carbonyl (C=O) groups excluding carboxylic acids is 1. The number of anilines is 1. The molecule has 1 heterocycles. The largest absolute Gasteiger partial charge is 0.486 e. The van der Waals surface area contributed by atoms with Crippen LogP contribution in [0.3, 0.4) is 0 Å². The molecule has 0 saturated carbocycles. The molecule has 0 radical (unpaired) electrons. The average molecular weight is 283 g/mol. The molecule has 0 fully saturated rings. The van der Waals surface area contributed by atoms with E-state index in [1.54, 1.807) is 6.07 Å². The summed E-state index contributed by atoms with van der Waals surface area (Å²) >= 11 is 0. The highest BCUT2D eigenvalue weighted by molar-refractivity contribution is 6.04. The van der Waals surface area contributed by atoms with E-state index in [1.165, 1.54) is 5.56 Å². The first-order valence-electron chi connectivity index (χ1n) is 6.92. The Hall–Kier alpha value is -2.49. The van der Waals surface area contributed by atoms with E-state index >= 15 is 0 Å². The molecule has 21 heavy (non-hydrogen) atoms. The third-order valence-electron chi connectivity index (χ3n) is 3.57. The third-order valence-corrected chi connectivity index (χ3v) is 3.57. The van der Waals surface area contributed by atoms with Crippen LogP contribution in [0.15, 0.2) is 36.4 Å². The molecule has 0 saturated heterocycles. The van der Waals surface area contributed by atoms with E-state index in [2.05, 4.69) is 5.32 Å². The minimum atomic E-state index is -0.130. The van der Waals surface area contributed by atoms with Gasteiger partial charge in [-0.2, -0.15) is 0 Å². The molecule has 1 N–H and O–H groups in total. The fraction of sp³-hybridized carbons (Fsp3) is 0.235. The van der Waals surface area contributed by atoms with Crippen LogP contribution in [0.25, 0.3) is 0 Å². The van der Waals surface area contributed by atoms with Crippen molar-refractivity contribution < 1.29 is 14.3 Å². The molecule has 0 aromatic heterocycles. The summed E-state index contributed by atoms with van der Waals surface area (Å²) in [7, 11) is 0. The van der Waals surface area contributed by atoms with Crippen molar-refractivity contribution in [2.24, 2.45) is 0 Å². The predicted octanol–water partition coefficient (Wildman–Crippen LogP) is 3.33. The van der Waals surface area contributed by atoms with Gasteiger partial charge < -0.3 is 14.8 Å². The highest BCUT2D eigenvalue weighted by Crippen LogP contribution is 2.32. The zero-order valence-corrected chi connectivity index (χ0v) is 12.1. The number of rotatable bonds is 2. The van der Waals surface area contributed by atoms with Crippen molar-refractivity contribution in [2.75, 3.05) is 18.5 Å². The summed E-state index contributed by atoms with van der Waals surface area (Å²) < 4.78 is 11.0. The van der Waals surface area contributed by atoms with Gasteiger partial charge in [-0.1, -0.05) is 6.07 Å². The molecule has 4 nitrogen and oxygen atoms in total. The monoisotopic (exact) mass is 283 g/mol. The lowest BCUT2D eigenvalue weighted by Crippen LogP contribution is -2.16. The van der Waals surface area contributed by atoms with Gasteiger partial charge in [-0.05, 0) is 49.2 Å². The van der Waals surface area contributed by atoms with Crippen LogP contribution < -0.4 is 14.8 Å². The zero-order valence-electron chi connectivity index (χ0n) is 12.1. The van der Waals surface area contributed by atoms with Gasteiger partial charge in [-0.3, -0.25) is 4.79 Å². The normalized spacial score (nSPS) is 12.9. The molecule has 108 valence electrons. The van der Waals surface area contributed by atoms with Crippen molar-refractivity contribution in [3.63, 3.8) is 0 Å². The molecular formula is C17H17NO3. The Labute approximate surface area is 123 Å². The molecule has 0 spiro atoms. The number of ether oxygens (including phenoxy) is 2. The Bertz CT molecular complexity index is 694. The Kier molecular flexibility index (Phi) is 3.52. The maximum Gasteiger partial charge on any atom is 0.255 e. The van der Waals surface area contributed by atoms with E-state index < -0.39 is 0 Å². The maximum absolute atomic E-state index is 12.3.